The van der Waals surface area contributed by atoms with Gasteiger partial charge >= 0.3 is 0 Å². The van der Waals surface area contributed by atoms with Crippen LogP contribution in [0.3, 0.4) is 0 Å². The van der Waals surface area contributed by atoms with Crippen LogP contribution in [0.1, 0.15) is 22.3 Å². The van der Waals surface area contributed by atoms with E-state index in [9.17, 15) is 4.79 Å². The summed E-state index contributed by atoms with van der Waals surface area (Å²) in [5.41, 5.74) is 4.89. The van der Waals surface area contributed by atoms with Crippen molar-refractivity contribution in [2.75, 3.05) is 13.7 Å². The lowest BCUT2D eigenvalue weighted by Gasteiger charge is -2.16. The normalized spacial score (nSPS) is 10.2. The van der Waals surface area contributed by atoms with Crippen LogP contribution < -0.4 is 10.1 Å². The molecule has 0 fully saturated rings. The minimum atomic E-state index is -0.168. The van der Waals surface area contributed by atoms with Crippen LogP contribution in [0.25, 0.3) is 0 Å². The van der Waals surface area contributed by atoms with E-state index < -0.39 is 0 Å². The standard InChI is InChI=1S/C13H18BrNO2/c1-8-7-12(17-4)10(3)9(2)11(8)5-6-15-13(14)16/h7H,5-6H2,1-4H3,(H,15,16). The van der Waals surface area contributed by atoms with Gasteiger partial charge in [-0.3, -0.25) is 4.79 Å². The van der Waals surface area contributed by atoms with Crippen molar-refractivity contribution < 1.29 is 9.53 Å². The van der Waals surface area contributed by atoms with Crippen molar-refractivity contribution in [1.29, 1.82) is 0 Å². The monoisotopic (exact) mass is 299 g/mol. The third-order valence-corrected chi connectivity index (χ3v) is 3.35. The lowest BCUT2D eigenvalue weighted by molar-refractivity contribution is 0.262. The number of nitrogens with one attached hydrogen (secondary N) is 1. The van der Waals surface area contributed by atoms with Gasteiger partial charge < -0.3 is 10.1 Å². The third-order valence-electron chi connectivity index (χ3n) is 3.07. The van der Waals surface area contributed by atoms with Gasteiger partial charge in [0, 0.05) is 22.5 Å². The number of amides is 1. The maximum Gasteiger partial charge on any atom is 0.287 e. The first-order chi connectivity index (χ1) is 7.97. The summed E-state index contributed by atoms with van der Waals surface area (Å²) in [5, 5.41) is 2.74. The van der Waals surface area contributed by atoms with Crippen LogP contribution >= 0.6 is 15.9 Å². The number of ether oxygens (including phenoxy) is 1. The molecule has 0 saturated carbocycles. The van der Waals surface area contributed by atoms with Crippen LogP contribution in [-0.4, -0.2) is 18.5 Å². The van der Waals surface area contributed by atoms with Crippen molar-refractivity contribution in [3.8, 4) is 5.75 Å². The highest BCUT2D eigenvalue weighted by Crippen LogP contribution is 2.27. The molecule has 0 bridgehead atoms. The summed E-state index contributed by atoms with van der Waals surface area (Å²) < 4.78 is 5.33. The minimum absolute atomic E-state index is 0.168. The molecule has 1 rings (SSSR count). The maximum absolute atomic E-state index is 10.8. The SMILES string of the molecule is COc1cc(C)c(CCNC(=O)Br)c(C)c1C. The van der Waals surface area contributed by atoms with Crippen molar-refractivity contribution >= 4 is 20.7 Å². The molecular formula is C13H18BrNO2. The smallest absolute Gasteiger partial charge is 0.287 e. The van der Waals surface area contributed by atoms with Gasteiger partial charge in [0.1, 0.15) is 5.75 Å². The van der Waals surface area contributed by atoms with Gasteiger partial charge in [0.25, 0.3) is 4.82 Å². The molecule has 0 aliphatic carbocycles. The molecule has 0 unspecified atom stereocenters. The van der Waals surface area contributed by atoms with Gasteiger partial charge in [0.15, 0.2) is 0 Å². The molecule has 0 aliphatic rings. The van der Waals surface area contributed by atoms with E-state index in [4.69, 9.17) is 4.74 Å². The van der Waals surface area contributed by atoms with Crippen molar-refractivity contribution in [2.45, 2.75) is 27.2 Å². The van der Waals surface area contributed by atoms with Crippen LogP contribution in [0.15, 0.2) is 6.07 Å². The molecule has 1 aromatic rings. The number of halogens is 1. The number of methoxy groups -OCH3 is 1. The van der Waals surface area contributed by atoms with Gasteiger partial charge in [0.05, 0.1) is 7.11 Å². The van der Waals surface area contributed by atoms with Gasteiger partial charge in [-0.25, -0.2) is 0 Å². The predicted molar refractivity (Wildman–Crippen MR) is 73.2 cm³/mol. The lowest BCUT2D eigenvalue weighted by atomic mass is 9.95. The van der Waals surface area contributed by atoms with Gasteiger partial charge in [-0.2, -0.15) is 0 Å². The van der Waals surface area contributed by atoms with Gasteiger partial charge in [0.2, 0.25) is 0 Å². The summed E-state index contributed by atoms with van der Waals surface area (Å²) in [6, 6.07) is 2.05. The largest absolute Gasteiger partial charge is 0.496 e. The number of hydrogen-bond acceptors (Lipinski definition) is 2. The zero-order valence-corrected chi connectivity index (χ0v) is 12.3. The summed E-state index contributed by atoms with van der Waals surface area (Å²) in [6.45, 7) is 6.86. The fraction of sp³-hybridized carbons (Fsp3) is 0.462. The van der Waals surface area contributed by atoms with Gasteiger partial charge in [-0.1, -0.05) is 0 Å². The molecule has 4 heteroatoms. The summed E-state index contributed by atoms with van der Waals surface area (Å²) in [6.07, 6.45) is 0.833. The molecule has 3 nitrogen and oxygen atoms in total. The second-order valence-corrected chi connectivity index (χ2v) is 4.79. The predicted octanol–water partition coefficient (Wildman–Crippen LogP) is 3.27. The molecular weight excluding hydrogens is 282 g/mol. The average Bonchev–Trinajstić information content (AvgIpc) is 2.27. The average molecular weight is 300 g/mol. The highest BCUT2D eigenvalue weighted by molar-refractivity contribution is 9.18. The van der Waals surface area contributed by atoms with Gasteiger partial charge in [-0.15, -0.1) is 0 Å². The highest BCUT2D eigenvalue weighted by atomic mass is 79.9. The second-order valence-electron chi connectivity index (χ2n) is 4.07. The van der Waals surface area contributed by atoms with Crippen LogP contribution in [0.2, 0.25) is 0 Å². The Bertz CT molecular complexity index is 430. The molecule has 17 heavy (non-hydrogen) atoms. The summed E-state index contributed by atoms with van der Waals surface area (Å²) in [5.74, 6) is 0.924. The first-order valence-corrected chi connectivity index (χ1v) is 6.33. The fourth-order valence-corrected chi connectivity index (χ4v) is 2.18. The number of rotatable bonds is 4. The Balaban J connectivity index is 2.92. The van der Waals surface area contributed by atoms with E-state index >= 15 is 0 Å². The Hall–Kier alpha value is -1.03. The molecule has 0 spiro atoms. The summed E-state index contributed by atoms with van der Waals surface area (Å²) in [7, 11) is 1.69. The Kier molecular flexibility index (Phi) is 5.00. The second kappa shape index (κ2) is 6.05. The van der Waals surface area contributed by atoms with Crippen molar-refractivity contribution in [1.82, 2.24) is 5.32 Å². The van der Waals surface area contributed by atoms with E-state index in [1.54, 1.807) is 7.11 Å². The molecule has 0 aliphatic heterocycles. The van der Waals surface area contributed by atoms with Crippen molar-refractivity contribution in [3.05, 3.63) is 28.3 Å². The Morgan fingerprint density at radius 3 is 2.53 bits per heavy atom. The van der Waals surface area contributed by atoms with E-state index in [-0.39, 0.29) is 4.82 Å². The molecule has 1 aromatic carbocycles. The van der Waals surface area contributed by atoms with Crippen LogP contribution in [0.5, 0.6) is 5.75 Å². The van der Waals surface area contributed by atoms with E-state index in [1.807, 2.05) is 6.07 Å². The third kappa shape index (κ3) is 3.46. The zero-order chi connectivity index (χ0) is 13.0. The Morgan fingerprint density at radius 1 is 1.35 bits per heavy atom. The number of carbonyl (C=O) groups is 1. The number of carbonyl (C=O) groups excluding carboxylic acids is 1. The van der Waals surface area contributed by atoms with E-state index in [1.165, 1.54) is 22.3 Å². The molecule has 1 amide bonds. The molecule has 1 N–H and O–H groups in total. The quantitative estimate of drug-likeness (QED) is 0.684. The molecule has 0 atom stereocenters. The lowest BCUT2D eigenvalue weighted by Crippen LogP contribution is -2.20. The minimum Gasteiger partial charge on any atom is -0.496 e. The molecule has 0 radical (unpaired) electrons. The van der Waals surface area contributed by atoms with Crippen molar-refractivity contribution in [2.24, 2.45) is 0 Å². The zero-order valence-electron chi connectivity index (χ0n) is 10.7. The molecule has 0 saturated heterocycles. The van der Waals surface area contributed by atoms with Crippen LogP contribution in [-0.2, 0) is 6.42 Å². The molecule has 94 valence electrons. The first kappa shape index (κ1) is 14.0. The van der Waals surface area contributed by atoms with E-state index in [0.717, 1.165) is 12.2 Å². The maximum atomic E-state index is 10.8. The highest BCUT2D eigenvalue weighted by Gasteiger charge is 2.10. The number of hydrogen-bond donors (Lipinski definition) is 1. The topological polar surface area (TPSA) is 38.3 Å². The Morgan fingerprint density at radius 2 is 2.00 bits per heavy atom. The number of benzene rings is 1. The molecule has 0 heterocycles. The van der Waals surface area contributed by atoms with Crippen molar-refractivity contribution in [3.63, 3.8) is 0 Å². The fourth-order valence-electron chi connectivity index (χ4n) is 1.98. The number of aryl methyl sites for hydroxylation is 1. The Labute approximate surface area is 111 Å². The van der Waals surface area contributed by atoms with Crippen LogP contribution in [0.4, 0.5) is 4.79 Å². The summed E-state index contributed by atoms with van der Waals surface area (Å²) >= 11 is 2.85. The van der Waals surface area contributed by atoms with E-state index in [2.05, 4.69) is 42.0 Å². The van der Waals surface area contributed by atoms with E-state index in [0.29, 0.717) is 6.54 Å². The molecule has 0 aromatic heterocycles. The van der Waals surface area contributed by atoms with Crippen LogP contribution in [0, 0.1) is 20.8 Å². The summed E-state index contributed by atoms with van der Waals surface area (Å²) in [4.78, 5) is 10.6. The first-order valence-electron chi connectivity index (χ1n) is 5.54. The van der Waals surface area contributed by atoms with Gasteiger partial charge in [-0.05, 0) is 55.5 Å².